The van der Waals surface area contributed by atoms with Gasteiger partial charge >= 0.3 is 5.97 Å². The number of hydrogen-bond acceptors (Lipinski definition) is 5. The zero-order chi connectivity index (χ0) is 14.1. The number of aromatic carboxylic acids is 1. The first-order chi connectivity index (χ1) is 9.66. The summed E-state index contributed by atoms with van der Waals surface area (Å²) in [5, 5.41) is 13.3. The van der Waals surface area contributed by atoms with E-state index in [9.17, 15) is 9.59 Å². The SMILES string of the molecule is O=C(O)c1cc(=O)n(Cc2ncon2)c2ccccc12. The Kier molecular flexibility index (Phi) is 2.79. The van der Waals surface area contributed by atoms with E-state index >= 15 is 0 Å². The smallest absolute Gasteiger partial charge is 0.336 e. The first-order valence-electron chi connectivity index (χ1n) is 5.78. The molecule has 0 saturated heterocycles. The van der Waals surface area contributed by atoms with Gasteiger partial charge in [-0.25, -0.2) is 4.79 Å². The molecular formula is C13H9N3O4. The van der Waals surface area contributed by atoms with Gasteiger partial charge in [-0.3, -0.25) is 4.79 Å². The van der Waals surface area contributed by atoms with E-state index in [2.05, 4.69) is 14.7 Å². The molecule has 0 fully saturated rings. The Labute approximate surface area is 112 Å². The van der Waals surface area contributed by atoms with Crippen LogP contribution in [0.3, 0.4) is 0 Å². The number of para-hydroxylation sites is 1. The Morgan fingerprint density at radius 2 is 2.15 bits per heavy atom. The molecule has 20 heavy (non-hydrogen) atoms. The lowest BCUT2D eigenvalue weighted by molar-refractivity contribution is 0.0698. The standard InChI is InChI=1S/C13H9N3O4/c17-12-5-9(13(18)19)8-3-1-2-4-10(8)16(12)6-11-14-7-20-15-11/h1-5,7H,6H2,(H,18,19). The van der Waals surface area contributed by atoms with E-state index in [0.717, 1.165) is 6.07 Å². The van der Waals surface area contributed by atoms with Gasteiger partial charge in [0.25, 0.3) is 5.56 Å². The molecular weight excluding hydrogens is 262 g/mol. The van der Waals surface area contributed by atoms with Crippen LogP contribution in [0.25, 0.3) is 10.9 Å². The fourth-order valence-corrected chi connectivity index (χ4v) is 2.08. The van der Waals surface area contributed by atoms with Crippen LogP contribution >= 0.6 is 0 Å². The molecule has 2 aromatic heterocycles. The van der Waals surface area contributed by atoms with Crippen molar-refractivity contribution in [2.45, 2.75) is 6.54 Å². The lowest BCUT2D eigenvalue weighted by Gasteiger charge is -2.09. The maximum atomic E-state index is 12.1. The molecule has 0 spiro atoms. The van der Waals surface area contributed by atoms with Crippen molar-refractivity contribution in [2.75, 3.05) is 0 Å². The highest BCUT2D eigenvalue weighted by Gasteiger charge is 2.14. The highest BCUT2D eigenvalue weighted by Crippen LogP contribution is 2.17. The van der Waals surface area contributed by atoms with E-state index in [4.69, 9.17) is 5.11 Å². The zero-order valence-electron chi connectivity index (χ0n) is 10.2. The van der Waals surface area contributed by atoms with Crippen molar-refractivity contribution in [3.05, 3.63) is 58.5 Å². The summed E-state index contributed by atoms with van der Waals surface area (Å²) in [5.41, 5.74) is 0.0723. The van der Waals surface area contributed by atoms with E-state index < -0.39 is 11.5 Å². The Morgan fingerprint density at radius 3 is 2.85 bits per heavy atom. The third-order valence-corrected chi connectivity index (χ3v) is 2.96. The molecule has 0 aliphatic carbocycles. The van der Waals surface area contributed by atoms with Gasteiger partial charge in [0, 0.05) is 11.5 Å². The molecule has 0 aliphatic rings. The number of hydrogen-bond donors (Lipinski definition) is 1. The minimum absolute atomic E-state index is 0.0186. The third kappa shape index (κ3) is 1.95. The first-order valence-corrected chi connectivity index (χ1v) is 5.78. The quantitative estimate of drug-likeness (QED) is 0.766. The van der Waals surface area contributed by atoms with Gasteiger partial charge in [0.1, 0.15) is 0 Å². The molecule has 0 unspecified atom stereocenters. The van der Waals surface area contributed by atoms with Crippen molar-refractivity contribution < 1.29 is 14.4 Å². The topological polar surface area (TPSA) is 98.2 Å². The van der Waals surface area contributed by atoms with Crippen molar-refractivity contribution in [1.29, 1.82) is 0 Å². The Bertz CT molecular complexity index is 836. The number of nitrogens with zero attached hydrogens (tertiary/aromatic N) is 3. The van der Waals surface area contributed by atoms with Crippen molar-refractivity contribution >= 4 is 16.9 Å². The molecule has 1 aromatic carbocycles. The summed E-state index contributed by atoms with van der Waals surface area (Å²) in [6.45, 7) is 0.121. The lowest BCUT2D eigenvalue weighted by atomic mass is 10.1. The molecule has 0 saturated carbocycles. The van der Waals surface area contributed by atoms with Gasteiger partial charge in [0.2, 0.25) is 6.39 Å². The number of fused-ring (bicyclic) bond motifs is 1. The summed E-state index contributed by atoms with van der Waals surface area (Å²) in [6.07, 6.45) is 1.17. The second kappa shape index (κ2) is 4.61. The van der Waals surface area contributed by atoms with Crippen LogP contribution in [0.15, 0.2) is 46.0 Å². The van der Waals surface area contributed by atoms with Crippen molar-refractivity contribution in [1.82, 2.24) is 14.7 Å². The summed E-state index contributed by atoms with van der Waals surface area (Å²) in [4.78, 5) is 27.2. The van der Waals surface area contributed by atoms with Gasteiger partial charge < -0.3 is 14.2 Å². The van der Waals surface area contributed by atoms with Crippen LogP contribution in [0.1, 0.15) is 16.2 Å². The number of aromatic nitrogens is 3. The van der Waals surface area contributed by atoms with Crippen molar-refractivity contribution in [3.63, 3.8) is 0 Å². The van der Waals surface area contributed by atoms with Crippen LogP contribution in [0, 0.1) is 0 Å². The molecule has 0 aliphatic heterocycles. The largest absolute Gasteiger partial charge is 0.478 e. The highest BCUT2D eigenvalue weighted by molar-refractivity contribution is 6.02. The second-order valence-corrected chi connectivity index (χ2v) is 4.15. The summed E-state index contributed by atoms with van der Waals surface area (Å²) in [6, 6.07) is 7.90. The summed E-state index contributed by atoms with van der Waals surface area (Å²) in [5.74, 6) is -0.787. The average Bonchev–Trinajstić information content (AvgIpc) is 2.94. The predicted molar refractivity (Wildman–Crippen MR) is 68.6 cm³/mol. The number of carboxylic acids is 1. The van der Waals surface area contributed by atoms with Gasteiger partial charge in [-0.05, 0) is 6.07 Å². The van der Waals surface area contributed by atoms with Crippen LogP contribution in [0.4, 0.5) is 0 Å². The lowest BCUT2D eigenvalue weighted by Crippen LogP contribution is -2.23. The average molecular weight is 271 g/mol. The summed E-state index contributed by atoms with van der Waals surface area (Å²) >= 11 is 0. The van der Waals surface area contributed by atoms with Crippen LogP contribution < -0.4 is 5.56 Å². The molecule has 0 bridgehead atoms. The molecule has 0 radical (unpaired) electrons. The minimum atomic E-state index is -1.13. The normalized spacial score (nSPS) is 10.8. The third-order valence-electron chi connectivity index (χ3n) is 2.96. The Hall–Kier alpha value is -2.96. The zero-order valence-corrected chi connectivity index (χ0v) is 10.2. The maximum absolute atomic E-state index is 12.1. The van der Waals surface area contributed by atoms with Crippen molar-refractivity contribution in [2.24, 2.45) is 0 Å². The molecule has 1 N–H and O–H groups in total. The fourth-order valence-electron chi connectivity index (χ4n) is 2.08. The van der Waals surface area contributed by atoms with Gasteiger partial charge in [-0.15, -0.1) is 0 Å². The molecule has 3 aromatic rings. The van der Waals surface area contributed by atoms with Crippen molar-refractivity contribution in [3.8, 4) is 0 Å². The Morgan fingerprint density at radius 1 is 1.35 bits per heavy atom. The molecule has 7 nitrogen and oxygen atoms in total. The number of carboxylic acid groups (broad SMARTS) is 1. The Balaban J connectivity index is 2.27. The molecule has 100 valence electrons. The minimum Gasteiger partial charge on any atom is -0.478 e. The number of rotatable bonds is 3. The molecule has 2 heterocycles. The van der Waals surface area contributed by atoms with E-state index in [-0.39, 0.29) is 12.1 Å². The molecule has 0 amide bonds. The second-order valence-electron chi connectivity index (χ2n) is 4.15. The van der Waals surface area contributed by atoms with E-state index in [1.54, 1.807) is 24.3 Å². The summed E-state index contributed by atoms with van der Waals surface area (Å²) < 4.78 is 6.04. The number of pyridine rings is 1. The predicted octanol–water partition coefficient (Wildman–Crippen LogP) is 1.13. The van der Waals surface area contributed by atoms with Crippen LogP contribution in [-0.4, -0.2) is 25.8 Å². The van der Waals surface area contributed by atoms with Gasteiger partial charge in [-0.2, -0.15) is 4.98 Å². The van der Waals surface area contributed by atoms with Crippen LogP contribution in [0.2, 0.25) is 0 Å². The van der Waals surface area contributed by atoms with E-state index in [0.29, 0.717) is 16.7 Å². The molecule has 3 rings (SSSR count). The van der Waals surface area contributed by atoms with Gasteiger partial charge in [0.15, 0.2) is 5.82 Å². The number of benzene rings is 1. The van der Waals surface area contributed by atoms with E-state index in [1.807, 2.05) is 0 Å². The van der Waals surface area contributed by atoms with Gasteiger partial charge in [0.05, 0.1) is 17.6 Å². The monoisotopic (exact) mass is 271 g/mol. The van der Waals surface area contributed by atoms with Gasteiger partial charge in [-0.1, -0.05) is 23.4 Å². The fraction of sp³-hybridized carbons (Fsp3) is 0.0769. The highest BCUT2D eigenvalue weighted by atomic mass is 16.5. The first kappa shape index (κ1) is 12.1. The van der Waals surface area contributed by atoms with E-state index in [1.165, 1.54) is 11.0 Å². The summed E-state index contributed by atoms with van der Waals surface area (Å²) in [7, 11) is 0. The van der Waals surface area contributed by atoms with Crippen LogP contribution in [-0.2, 0) is 6.54 Å². The number of carbonyl (C=O) groups is 1. The molecule has 0 atom stereocenters. The molecule has 7 heteroatoms. The van der Waals surface area contributed by atoms with Crippen LogP contribution in [0.5, 0.6) is 0 Å². The maximum Gasteiger partial charge on any atom is 0.336 e.